The molecule has 0 aliphatic carbocycles. The maximum Gasteiger partial charge on any atom is 0.147 e. The number of hydrogen-bond acceptors (Lipinski definition) is 4. The molecule has 76 valence electrons. The van der Waals surface area contributed by atoms with Gasteiger partial charge < -0.3 is 10.6 Å². The Bertz CT molecular complexity index is 323. The zero-order valence-corrected chi connectivity index (χ0v) is 9.63. The summed E-state index contributed by atoms with van der Waals surface area (Å²) in [6.45, 7) is 4.06. The highest BCUT2D eigenvalue weighted by Crippen LogP contribution is 2.14. The summed E-state index contributed by atoms with van der Waals surface area (Å²) >= 11 is 3.30. The Hall–Kier alpha value is -0.680. The van der Waals surface area contributed by atoms with E-state index in [0.29, 0.717) is 6.04 Å². The van der Waals surface area contributed by atoms with Gasteiger partial charge >= 0.3 is 0 Å². The van der Waals surface area contributed by atoms with Crippen molar-refractivity contribution in [2.45, 2.75) is 19.4 Å². The molecule has 4 nitrogen and oxygen atoms in total. The molecule has 1 unspecified atom stereocenters. The Labute approximate surface area is 91.7 Å². The fraction of sp³-hybridized carbons (Fsp3) is 0.556. The molecule has 5 heteroatoms. The van der Waals surface area contributed by atoms with Crippen LogP contribution in [0.25, 0.3) is 0 Å². The summed E-state index contributed by atoms with van der Waals surface area (Å²) in [7, 11) is 0. The highest BCUT2D eigenvalue weighted by Gasteiger charge is 2.15. The first-order valence-electron chi connectivity index (χ1n) is 4.72. The number of anilines is 1. The van der Waals surface area contributed by atoms with Crippen LogP contribution < -0.4 is 10.6 Å². The molecular formula is C9H13BrN4. The first-order valence-corrected chi connectivity index (χ1v) is 5.51. The molecule has 1 aliphatic rings. The fourth-order valence-corrected chi connectivity index (χ4v) is 1.93. The van der Waals surface area contributed by atoms with Crippen molar-refractivity contribution >= 4 is 21.7 Å². The second-order valence-corrected chi connectivity index (χ2v) is 4.27. The third-order valence-electron chi connectivity index (χ3n) is 2.32. The molecule has 0 saturated carbocycles. The smallest absolute Gasteiger partial charge is 0.147 e. The molecule has 2 N–H and O–H groups in total. The van der Waals surface area contributed by atoms with Crippen LogP contribution in [-0.2, 0) is 0 Å². The van der Waals surface area contributed by atoms with Crippen LogP contribution in [0.3, 0.4) is 0 Å². The Morgan fingerprint density at radius 1 is 1.64 bits per heavy atom. The molecule has 2 rings (SSSR count). The highest BCUT2D eigenvalue weighted by molar-refractivity contribution is 9.10. The zero-order chi connectivity index (χ0) is 9.97. The van der Waals surface area contributed by atoms with E-state index < -0.39 is 0 Å². The zero-order valence-electron chi connectivity index (χ0n) is 8.05. The van der Waals surface area contributed by atoms with Crippen LogP contribution in [0.5, 0.6) is 0 Å². The molecular weight excluding hydrogens is 244 g/mol. The number of aryl methyl sites for hydroxylation is 1. The molecule has 0 bridgehead atoms. The monoisotopic (exact) mass is 256 g/mol. The minimum atomic E-state index is 0.490. The van der Waals surface area contributed by atoms with Crippen LogP contribution in [0.15, 0.2) is 10.8 Å². The first-order chi connectivity index (χ1) is 6.75. The van der Waals surface area contributed by atoms with Crippen LogP contribution in [0.1, 0.15) is 12.1 Å². The average Bonchev–Trinajstić information content (AvgIpc) is 2.62. The van der Waals surface area contributed by atoms with E-state index in [4.69, 9.17) is 0 Å². The minimum Gasteiger partial charge on any atom is -0.365 e. The van der Waals surface area contributed by atoms with Crippen molar-refractivity contribution in [1.82, 2.24) is 15.3 Å². The lowest BCUT2D eigenvalue weighted by molar-refractivity contribution is 0.783. The van der Waals surface area contributed by atoms with Crippen molar-refractivity contribution in [3.8, 4) is 0 Å². The second-order valence-electron chi connectivity index (χ2n) is 3.46. The number of rotatable bonds is 2. The summed E-state index contributed by atoms with van der Waals surface area (Å²) in [5, 5.41) is 6.68. The Morgan fingerprint density at radius 2 is 2.50 bits per heavy atom. The molecule has 2 heterocycles. The Kier molecular flexibility index (Phi) is 2.98. The first kappa shape index (κ1) is 9.86. The van der Waals surface area contributed by atoms with E-state index >= 15 is 0 Å². The van der Waals surface area contributed by atoms with E-state index in [9.17, 15) is 0 Å². The van der Waals surface area contributed by atoms with Crippen LogP contribution in [0.4, 0.5) is 5.82 Å². The Morgan fingerprint density at radius 3 is 3.14 bits per heavy atom. The summed E-state index contributed by atoms with van der Waals surface area (Å²) < 4.78 is 0.782. The largest absolute Gasteiger partial charge is 0.365 e. The van der Waals surface area contributed by atoms with E-state index in [-0.39, 0.29) is 0 Å². The molecule has 1 fully saturated rings. The summed E-state index contributed by atoms with van der Waals surface area (Å²) in [5.74, 6) is 0.891. The number of aromatic nitrogens is 2. The molecule has 0 amide bonds. The number of hydrogen-bond donors (Lipinski definition) is 2. The van der Waals surface area contributed by atoms with E-state index in [1.807, 2.05) is 6.92 Å². The quantitative estimate of drug-likeness (QED) is 0.839. The molecule has 1 saturated heterocycles. The van der Waals surface area contributed by atoms with E-state index in [2.05, 4.69) is 36.5 Å². The molecule has 1 aromatic rings. The van der Waals surface area contributed by atoms with Crippen molar-refractivity contribution < 1.29 is 0 Å². The summed E-state index contributed by atoms with van der Waals surface area (Å²) in [5.41, 5.74) is 0.936. The third-order valence-corrected chi connectivity index (χ3v) is 2.70. The van der Waals surface area contributed by atoms with Gasteiger partial charge in [0.2, 0.25) is 0 Å². The van der Waals surface area contributed by atoms with Crippen molar-refractivity contribution in [2.24, 2.45) is 0 Å². The lowest BCUT2D eigenvalue weighted by atomic mass is 10.2. The summed E-state index contributed by atoms with van der Waals surface area (Å²) in [4.78, 5) is 8.58. The summed E-state index contributed by atoms with van der Waals surface area (Å²) in [6.07, 6.45) is 2.87. The fourth-order valence-electron chi connectivity index (χ4n) is 1.57. The predicted octanol–water partition coefficient (Wildman–Crippen LogP) is 1.32. The van der Waals surface area contributed by atoms with Crippen molar-refractivity contribution in [2.75, 3.05) is 18.4 Å². The van der Waals surface area contributed by atoms with Crippen molar-refractivity contribution in [1.29, 1.82) is 0 Å². The lowest BCUT2D eigenvalue weighted by Crippen LogP contribution is -2.23. The van der Waals surface area contributed by atoms with E-state index in [1.165, 1.54) is 0 Å². The van der Waals surface area contributed by atoms with E-state index in [1.54, 1.807) is 6.20 Å². The third kappa shape index (κ3) is 2.22. The SMILES string of the molecule is Cc1nc(Br)cnc1NC1CCNC1. The van der Waals surface area contributed by atoms with Gasteiger partial charge in [-0.3, -0.25) is 0 Å². The van der Waals surface area contributed by atoms with Gasteiger partial charge in [0, 0.05) is 12.6 Å². The summed E-state index contributed by atoms with van der Waals surface area (Å²) in [6, 6.07) is 0.490. The van der Waals surface area contributed by atoms with Gasteiger partial charge in [0.25, 0.3) is 0 Å². The van der Waals surface area contributed by atoms with E-state index in [0.717, 1.165) is 35.6 Å². The van der Waals surface area contributed by atoms with Crippen LogP contribution in [0, 0.1) is 6.92 Å². The lowest BCUT2D eigenvalue weighted by Gasteiger charge is -2.13. The topological polar surface area (TPSA) is 49.8 Å². The van der Waals surface area contributed by atoms with Gasteiger partial charge in [-0.25, -0.2) is 9.97 Å². The molecule has 1 aliphatic heterocycles. The maximum atomic E-state index is 4.29. The standard InChI is InChI=1S/C9H13BrN4/c1-6-9(12-5-8(10)13-6)14-7-2-3-11-4-7/h5,7,11H,2-4H2,1H3,(H,12,14). The van der Waals surface area contributed by atoms with Gasteiger partial charge in [-0.2, -0.15) is 0 Å². The van der Waals surface area contributed by atoms with Gasteiger partial charge in [0.1, 0.15) is 10.4 Å². The van der Waals surface area contributed by atoms with Gasteiger partial charge in [-0.1, -0.05) is 0 Å². The molecule has 14 heavy (non-hydrogen) atoms. The highest BCUT2D eigenvalue weighted by atomic mass is 79.9. The molecule has 1 aromatic heterocycles. The average molecular weight is 257 g/mol. The number of nitrogens with zero attached hydrogens (tertiary/aromatic N) is 2. The molecule has 1 atom stereocenters. The van der Waals surface area contributed by atoms with Gasteiger partial charge in [-0.05, 0) is 35.8 Å². The van der Waals surface area contributed by atoms with Crippen molar-refractivity contribution in [3.05, 3.63) is 16.5 Å². The minimum absolute atomic E-state index is 0.490. The number of halogens is 1. The normalized spacial score (nSPS) is 21.1. The molecule has 0 radical (unpaired) electrons. The van der Waals surface area contributed by atoms with Crippen LogP contribution in [-0.4, -0.2) is 29.1 Å². The maximum absolute atomic E-state index is 4.29. The second kappa shape index (κ2) is 4.23. The van der Waals surface area contributed by atoms with Gasteiger partial charge in [-0.15, -0.1) is 0 Å². The number of nitrogens with one attached hydrogen (secondary N) is 2. The van der Waals surface area contributed by atoms with Gasteiger partial charge in [0.05, 0.1) is 11.9 Å². The van der Waals surface area contributed by atoms with Gasteiger partial charge in [0.15, 0.2) is 0 Å². The van der Waals surface area contributed by atoms with Crippen LogP contribution >= 0.6 is 15.9 Å². The van der Waals surface area contributed by atoms with Crippen molar-refractivity contribution in [3.63, 3.8) is 0 Å². The Balaban J connectivity index is 2.08. The van der Waals surface area contributed by atoms with Crippen LogP contribution in [0.2, 0.25) is 0 Å². The molecule has 0 spiro atoms. The molecule has 0 aromatic carbocycles. The predicted molar refractivity (Wildman–Crippen MR) is 59.4 cm³/mol.